The van der Waals surface area contributed by atoms with Crippen molar-refractivity contribution in [1.82, 2.24) is 9.97 Å². The van der Waals surface area contributed by atoms with E-state index in [1.807, 2.05) is 32.0 Å². The maximum Gasteiger partial charge on any atom is 0.357 e. The van der Waals surface area contributed by atoms with Crippen molar-refractivity contribution in [3.05, 3.63) is 41.7 Å². The minimum atomic E-state index is -0.333. The van der Waals surface area contributed by atoms with Gasteiger partial charge in [-0.15, -0.1) is 0 Å². The second-order valence-corrected chi connectivity index (χ2v) is 5.03. The number of nitrogens with one attached hydrogen (secondary N) is 1. The van der Waals surface area contributed by atoms with Crippen molar-refractivity contribution < 1.29 is 9.53 Å². The molecular formula is C17H18N2O2. The highest BCUT2D eigenvalue weighted by Crippen LogP contribution is 2.29. The van der Waals surface area contributed by atoms with Gasteiger partial charge in [-0.25, -0.2) is 9.78 Å². The number of para-hydroxylation sites is 1. The number of nitrogens with zero attached hydrogens (tertiary/aromatic N) is 1. The lowest BCUT2D eigenvalue weighted by Gasteiger charge is -2.08. The van der Waals surface area contributed by atoms with Gasteiger partial charge in [-0.1, -0.05) is 32.0 Å². The number of H-pyrrole nitrogens is 1. The maximum absolute atomic E-state index is 12.2. The molecule has 1 N–H and O–H groups in total. The van der Waals surface area contributed by atoms with Crippen LogP contribution in [0.3, 0.4) is 0 Å². The van der Waals surface area contributed by atoms with E-state index in [0.29, 0.717) is 12.3 Å². The summed E-state index contributed by atoms with van der Waals surface area (Å²) in [6.45, 7) is 4.44. The fourth-order valence-electron chi connectivity index (χ4n) is 2.69. The number of aryl methyl sites for hydroxylation is 1. The fraction of sp³-hybridized carbons (Fsp3) is 0.294. The third kappa shape index (κ3) is 2.27. The van der Waals surface area contributed by atoms with Crippen molar-refractivity contribution in [3.63, 3.8) is 0 Å². The van der Waals surface area contributed by atoms with E-state index in [2.05, 4.69) is 16.0 Å². The number of aromatic amines is 1. The van der Waals surface area contributed by atoms with Crippen LogP contribution in [0.25, 0.3) is 21.8 Å². The summed E-state index contributed by atoms with van der Waals surface area (Å²) in [6, 6.07) is 8.09. The molecule has 108 valence electrons. The first-order chi connectivity index (χ1) is 10.3. The number of benzene rings is 1. The number of carbonyl (C=O) groups is 1. The third-order valence-electron chi connectivity index (χ3n) is 3.63. The van der Waals surface area contributed by atoms with Gasteiger partial charge in [-0.2, -0.15) is 0 Å². The SMILES string of the molecule is CCCOC(=O)c1ncc2[nH]c3ccccc3c2c1CC. The van der Waals surface area contributed by atoms with Crippen molar-refractivity contribution in [2.45, 2.75) is 26.7 Å². The van der Waals surface area contributed by atoms with E-state index in [-0.39, 0.29) is 5.97 Å². The molecule has 0 fully saturated rings. The molecule has 0 saturated carbocycles. The molecule has 2 heterocycles. The predicted octanol–water partition coefficient (Wildman–Crippen LogP) is 3.85. The molecule has 3 rings (SSSR count). The van der Waals surface area contributed by atoms with Crippen molar-refractivity contribution in [1.29, 1.82) is 0 Å². The van der Waals surface area contributed by atoms with Gasteiger partial charge >= 0.3 is 5.97 Å². The quantitative estimate of drug-likeness (QED) is 0.739. The highest BCUT2D eigenvalue weighted by Gasteiger charge is 2.18. The lowest BCUT2D eigenvalue weighted by molar-refractivity contribution is 0.0497. The summed E-state index contributed by atoms with van der Waals surface area (Å²) in [5, 5.41) is 2.20. The van der Waals surface area contributed by atoms with Crippen LogP contribution in [0.2, 0.25) is 0 Å². The number of carbonyl (C=O) groups excluding carboxylic acids is 1. The van der Waals surface area contributed by atoms with Crippen LogP contribution in [-0.2, 0) is 11.2 Å². The molecule has 3 aromatic rings. The van der Waals surface area contributed by atoms with Crippen molar-refractivity contribution in [3.8, 4) is 0 Å². The third-order valence-corrected chi connectivity index (χ3v) is 3.63. The number of esters is 1. The number of ether oxygens (including phenoxy) is 1. The Morgan fingerprint density at radius 1 is 1.24 bits per heavy atom. The Labute approximate surface area is 123 Å². The van der Waals surface area contributed by atoms with E-state index in [4.69, 9.17) is 4.74 Å². The molecular weight excluding hydrogens is 264 g/mol. The zero-order valence-corrected chi connectivity index (χ0v) is 12.3. The maximum atomic E-state index is 12.2. The molecule has 4 nitrogen and oxygen atoms in total. The van der Waals surface area contributed by atoms with E-state index in [0.717, 1.165) is 40.2 Å². The number of fused-ring (bicyclic) bond motifs is 3. The van der Waals surface area contributed by atoms with Crippen LogP contribution >= 0.6 is 0 Å². The summed E-state index contributed by atoms with van der Waals surface area (Å²) < 4.78 is 5.25. The summed E-state index contributed by atoms with van der Waals surface area (Å²) in [6.07, 6.45) is 3.27. The number of aromatic nitrogens is 2. The van der Waals surface area contributed by atoms with Gasteiger partial charge < -0.3 is 9.72 Å². The molecule has 0 aliphatic carbocycles. The van der Waals surface area contributed by atoms with Gasteiger partial charge in [0.25, 0.3) is 0 Å². The number of rotatable bonds is 4. The first kappa shape index (κ1) is 13.6. The molecule has 21 heavy (non-hydrogen) atoms. The van der Waals surface area contributed by atoms with Gasteiger partial charge in [0.2, 0.25) is 0 Å². The summed E-state index contributed by atoms with van der Waals surface area (Å²) in [5.74, 6) is -0.333. The largest absolute Gasteiger partial charge is 0.461 e. The topological polar surface area (TPSA) is 55.0 Å². The average molecular weight is 282 g/mol. The Bertz CT molecular complexity index is 805. The van der Waals surface area contributed by atoms with Gasteiger partial charge in [0.15, 0.2) is 5.69 Å². The molecule has 2 aromatic heterocycles. The zero-order chi connectivity index (χ0) is 14.8. The standard InChI is InChI=1S/C17H18N2O2/c1-3-9-21-17(20)16-11(4-2)15-12-7-5-6-8-13(12)19-14(15)10-18-16/h5-8,10,19H,3-4,9H2,1-2H3. The Morgan fingerprint density at radius 3 is 2.81 bits per heavy atom. The molecule has 1 aromatic carbocycles. The number of hydrogen-bond acceptors (Lipinski definition) is 3. The van der Waals surface area contributed by atoms with Crippen molar-refractivity contribution in [2.24, 2.45) is 0 Å². The average Bonchev–Trinajstić information content (AvgIpc) is 2.90. The van der Waals surface area contributed by atoms with E-state index in [1.54, 1.807) is 6.20 Å². The summed E-state index contributed by atoms with van der Waals surface area (Å²) in [4.78, 5) is 19.9. The highest BCUT2D eigenvalue weighted by atomic mass is 16.5. The normalized spacial score (nSPS) is 11.1. The van der Waals surface area contributed by atoms with Crippen molar-refractivity contribution in [2.75, 3.05) is 6.61 Å². The second-order valence-electron chi connectivity index (χ2n) is 5.03. The van der Waals surface area contributed by atoms with E-state index in [9.17, 15) is 4.79 Å². The molecule has 0 atom stereocenters. The Balaban J connectivity index is 2.22. The summed E-state index contributed by atoms with van der Waals surface area (Å²) >= 11 is 0. The van der Waals surface area contributed by atoms with Crippen LogP contribution in [0, 0.1) is 0 Å². The van der Waals surface area contributed by atoms with E-state index < -0.39 is 0 Å². The highest BCUT2D eigenvalue weighted by molar-refractivity contribution is 6.11. The van der Waals surface area contributed by atoms with Gasteiger partial charge in [0, 0.05) is 16.3 Å². The molecule has 0 bridgehead atoms. The molecule has 0 aliphatic rings. The lowest BCUT2D eigenvalue weighted by atomic mass is 10.0. The first-order valence-electron chi connectivity index (χ1n) is 7.31. The zero-order valence-electron chi connectivity index (χ0n) is 12.3. The van der Waals surface area contributed by atoms with E-state index >= 15 is 0 Å². The monoisotopic (exact) mass is 282 g/mol. The molecule has 0 saturated heterocycles. The van der Waals surface area contributed by atoms with Gasteiger partial charge in [-0.05, 0) is 24.5 Å². The fourth-order valence-corrected chi connectivity index (χ4v) is 2.69. The smallest absolute Gasteiger partial charge is 0.357 e. The molecule has 4 heteroatoms. The van der Waals surface area contributed by atoms with Gasteiger partial charge in [0.1, 0.15) is 0 Å². The lowest BCUT2D eigenvalue weighted by Crippen LogP contribution is -2.11. The number of hydrogen-bond donors (Lipinski definition) is 1. The molecule has 0 aliphatic heterocycles. The Hall–Kier alpha value is -2.36. The molecule has 0 amide bonds. The molecule has 0 spiro atoms. The van der Waals surface area contributed by atoms with Crippen molar-refractivity contribution >= 4 is 27.8 Å². The minimum absolute atomic E-state index is 0.333. The summed E-state index contributed by atoms with van der Waals surface area (Å²) in [5.41, 5.74) is 3.40. The van der Waals surface area contributed by atoms with Crippen LogP contribution in [0.15, 0.2) is 30.5 Å². The van der Waals surface area contributed by atoms with Crippen LogP contribution < -0.4 is 0 Å². The minimum Gasteiger partial charge on any atom is -0.461 e. The second kappa shape index (κ2) is 5.56. The Morgan fingerprint density at radius 2 is 2.05 bits per heavy atom. The van der Waals surface area contributed by atoms with E-state index in [1.165, 1.54) is 0 Å². The van der Waals surface area contributed by atoms with Gasteiger partial charge in [0.05, 0.1) is 18.3 Å². The van der Waals surface area contributed by atoms with Crippen LogP contribution in [0.4, 0.5) is 0 Å². The molecule has 0 unspecified atom stereocenters. The summed E-state index contributed by atoms with van der Waals surface area (Å²) in [7, 11) is 0. The number of pyridine rings is 1. The van der Waals surface area contributed by atoms with Crippen LogP contribution in [-0.4, -0.2) is 22.5 Å². The van der Waals surface area contributed by atoms with Crippen LogP contribution in [0.1, 0.15) is 36.3 Å². The molecule has 0 radical (unpaired) electrons. The van der Waals surface area contributed by atoms with Gasteiger partial charge in [-0.3, -0.25) is 0 Å². The first-order valence-corrected chi connectivity index (χ1v) is 7.31. The van der Waals surface area contributed by atoms with Crippen LogP contribution in [0.5, 0.6) is 0 Å². The Kier molecular flexibility index (Phi) is 3.60. The predicted molar refractivity (Wildman–Crippen MR) is 83.6 cm³/mol.